The first-order chi connectivity index (χ1) is 8.82. The molecule has 5 heteroatoms. The number of rotatable bonds is 2. The van der Waals surface area contributed by atoms with Gasteiger partial charge in [-0.25, -0.2) is 8.78 Å². The van der Waals surface area contributed by atoms with E-state index in [0.29, 0.717) is 13.0 Å². The molecule has 102 valence electrons. The molecular weight excluding hydrogens is 252 g/mol. The number of halogens is 2. The highest BCUT2D eigenvalue weighted by Gasteiger charge is 2.42. The number of hydrogen-bond acceptors (Lipinski definition) is 2. The first kappa shape index (κ1) is 13.6. The van der Waals surface area contributed by atoms with Crippen LogP contribution in [0.2, 0.25) is 0 Å². The lowest BCUT2D eigenvalue weighted by Crippen LogP contribution is -2.47. The lowest BCUT2D eigenvalue weighted by molar-refractivity contribution is -0.138. The topological polar surface area (TPSA) is 37.4 Å². The zero-order chi connectivity index (χ0) is 14.2. The zero-order valence-corrected chi connectivity index (χ0v) is 10.9. The Morgan fingerprint density at radius 3 is 2.63 bits per heavy atom. The third-order valence-electron chi connectivity index (χ3n) is 3.57. The predicted molar refractivity (Wildman–Crippen MR) is 65.5 cm³/mol. The summed E-state index contributed by atoms with van der Waals surface area (Å²) in [7, 11) is 0. The van der Waals surface area contributed by atoms with Gasteiger partial charge in [-0.3, -0.25) is 9.59 Å². The van der Waals surface area contributed by atoms with E-state index in [-0.39, 0.29) is 23.7 Å². The normalized spacial score (nSPS) is 17.9. The first-order valence-electron chi connectivity index (χ1n) is 6.10. The average molecular weight is 267 g/mol. The molecule has 1 amide bonds. The Hall–Kier alpha value is -1.78. The summed E-state index contributed by atoms with van der Waals surface area (Å²) in [6, 6.07) is 3.02. The molecule has 3 nitrogen and oxygen atoms in total. The van der Waals surface area contributed by atoms with Gasteiger partial charge < -0.3 is 4.90 Å². The van der Waals surface area contributed by atoms with Gasteiger partial charge in [0.15, 0.2) is 5.78 Å². The number of nitrogens with zero attached hydrogens (tertiary/aromatic N) is 1. The summed E-state index contributed by atoms with van der Waals surface area (Å²) in [6.45, 7) is 3.67. The smallest absolute Gasteiger partial charge is 0.227 e. The van der Waals surface area contributed by atoms with Crippen LogP contribution in [0.3, 0.4) is 0 Å². The fraction of sp³-hybridized carbons (Fsp3) is 0.429. The molecule has 1 aliphatic heterocycles. The summed E-state index contributed by atoms with van der Waals surface area (Å²) in [6.07, 6.45) is 0.0741. The van der Waals surface area contributed by atoms with Crippen molar-refractivity contribution in [2.45, 2.75) is 32.2 Å². The zero-order valence-electron chi connectivity index (χ0n) is 10.9. The van der Waals surface area contributed by atoms with E-state index < -0.39 is 17.2 Å². The molecule has 1 saturated heterocycles. The molecule has 0 atom stereocenters. The molecule has 1 fully saturated rings. The number of carbonyl (C=O) groups excluding carboxylic acids is 2. The molecule has 0 saturated carbocycles. The highest BCUT2D eigenvalue weighted by molar-refractivity contribution is 5.95. The number of ketones is 1. The molecule has 0 aromatic heterocycles. The van der Waals surface area contributed by atoms with Crippen LogP contribution < -0.4 is 0 Å². The van der Waals surface area contributed by atoms with Crippen molar-refractivity contribution in [3.63, 3.8) is 0 Å². The predicted octanol–water partition coefficient (Wildman–Crippen LogP) is 2.09. The number of benzene rings is 1. The molecule has 0 spiro atoms. The number of amides is 1. The van der Waals surface area contributed by atoms with E-state index in [1.165, 1.54) is 4.90 Å². The summed E-state index contributed by atoms with van der Waals surface area (Å²) in [5.74, 6) is -1.57. The van der Waals surface area contributed by atoms with Crippen LogP contribution in [0.4, 0.5) is 8.78 Å². The van der Waals surface area contributed by atoms with Gasteiger partial charge in [-0.05, 0) is 32.0 Å². The van der Waals surface area contributed by atoms with Crippen LogP contribution in [0.1, 0.15) is 25.8 Å². The van der Waals surface area contributed by atoms with Crippen molar-refractivity contribution in [3.8, 4) is 0 Å². The van der Waals surface area contributed by atoms with Crippen LogP contribution in [-0.2, 0) is 16.0 Å². The Bertz CT molecular complexity index is 540. The van der Waals surface area contributed by atoms with Gasteiger partial charge >= 0.3 is 0 Å². The van der Waals surface area contributed by atoms with E-state index in [9.17, 15) is 18.4 Å². The van der Waals surface area contributed by atoms with E-state index in [2.05, 4.69) is 0 Å². The maximum atomic E-state index is 13.5. The Balaban J connectivity index is 2.18. The molecule has 1 aliphatic rings. The van der Waals surface area contributed by atoms with Gasteiger partial charge in [-0.15, -0.1) is 0 Å². The maximum absolute atomic E-state index is 13.5. The van der Waals surface area contributed by atoms with Crippen molar-refractivity contribution in [2.75, 3.05) is 6.54 Å². The number of hydrogen-bond donors (Lipinski definition) is 0. The molecule has 0 aliphatic carbocycles. The average Bonchev–Trinajstić information content (AvgIpc) is 2.59. The maximum Gasteiger partial charge on any atom is 0.227 e. The minimum absolute atomic E-state index is 0.0134. The lowest BCUT2D eigenvalue weighted by Gasteiger charge is -2.30. The van der Waals surface area contributed by atoms with Gasteiger partial charge in [-0.1, -0.05) is 0 Å². The molecule has 1 aromatic rings. The minimum Gasteiger partial charge on any atom is -0.330 e. The Morgan fingerprint density at radius 2 is 2.05 bits per heavy atom. The largest absolute Gasteiger partial charge is 0.330 e. The highest BCUT2D eigenvalue weighted by atomic mass is 19.1. The fourth-order valence-corrected chi connectivity index (χ4v) is 2.32. The Morgan fingerprint density at radius 1 is 1.37 bits per heavy atom. The third-order valence-corrected chi connectivity index (χ3v) is 3.57. The van der Waals surface area contributed by atoms with Crippen LogP contribution in [0.5, 0.6) is 0 Å². The molecule has 0 radical (unpaired) electrons. The lowest BCUT2D eigenvalue weighted by atomic mass is 10.00. The van der Waals surface area contributed by atoms with Crippen LogP contribution >= 0.6 is 0 Å². The standard InChI is InChI=1S/C14H15F2NO2/c1-14(2)12(18)5-6-17(14)13(19)8-9-7-10(15)3-4-11(9)16/h3-4,7H,5-6,8H2,1-2H3. The van der Waals surface area contributed by atoms with Crippen LogP contribution in [0, 0.1) is 11.6 Å². The van der Waals surface area contributed by atoms with Crippen LogP contribution in [0.15, 0.2) is 18.2 Å². The quantitative estimate of drug-likeness (QED) is 0.822. The summed E-state index contributed by atoms with van der Waals surface area (Å²) in [5, 5.41) is 0. The van der Waals surface area contributed by atoms with Crippen molar-refractivity contribution in [3.05, 3.63) is 35.4 Å². The van der Waals surface area contributed by atoms with E-state index in [0.717, 1.165) is 18.2 Å². The van der Waals surface area contributed by atoms with Crippen LogP contribution in [0.25, 0.3) is 0 Å². The number of Topliss-reactive ketones (excluding diaryl/α,β-unsaturated/α-hetero) is 1. The summed E-state index contributed by atoms with van der Waals surface area (Å²) in [4.78, 5) is 25.2. The van der Waals surface area contributed by atoms with Gasteiger partial charge in [0, 0.05) is 18.5 Å². The van der Waals surface area contributed by atoms with Crippen molar-refractivity contribution >= 4 is 11.7 Å². The molecule has 0 unspecified atom stereocenters. The van der Waals surface area contributed by atoms with Crippen molar-refractivity contribution in [1.29, 1.82) is 0 Å². The van der Waals surface area contributed by atoms with Crippen molar-refractivity contribution in [2.24, 2.45) is 0 Å². The second-order valence-corrected chi connectivity index (χ2v) is 5.19. The molecule has 0 N–H and O–H groups in total. The summed E-state index contributed by atoms with van der Waals surface area (Å²) in [5.41, 5.74) is -0.846. The Kier molecular flexibility index (Phi) is 3.39. The molecule has 1 aromatic carbocycles. The number of carbonyl (C=O) groups is 2. The van der Waals surface area contributed by atoms with Gasteiger partial charge in [0.05, 0.1) is 12.0 Å². The first-order valence-corrected chi connectivity index (χ1v) is 6.10. The van der Waals surface area contributed by atoms with Crippen molar-refractivity contribution < 1.29 is 18.4 Å². The second kappa shape index (κ2) is 4.72. The molecule has 0 bridgehead atoms. The summed E-state index contributed by atoms with van der Waals surface area (Å²) >= 11 is 0. The molecule has 19 heavy (non-hydrogen) atoms. The SMILES string of the molecule is CC1(C)C(=O)CCN1C(=O)Cc1cc(F)ccc1F. The van der Waals surface area contributed by atoms with E-state index in [1.54, 1.807) is 13.8 Å². The second-order valence-electron chi connectivity index (χ2n) is 5.19. The summed E-state index contributed by atoms with van der Waals surface area (Å²) < 4.78 is 26.5. The van der Waals surface area contributed by atoms with E-state index in [1.807, 2.05) is 0 Å². The monoisotopic (exact) mass is 267 g/mol. The minimum atomic E-state index is -0.860. The van der Waals surface area contributed by atoms with E-state index in [4.69, 9.17) is 0 Å². The van der Waals surface area contributed by atoms with E-state index >= 15 is 0 Å². The molecule has 2 rings (SSSR count). The van der Waals surface area contributed by atoms with Gasteiger partial charge in [-0.2, -0.15) is 0 Å². The molecule has 1 heterocycles. The van der Waals surface area contributed by atoms with Gasteiger partial charge in [0.1, 0.15) is 11.6 Å². The fourth-order valence-electron chi connectivity index (χ4n) is 2.32. The van der Waals surface area contributed by atoms with Gasteiger partial charge in [0.2, 0.25) is 5.91 Å². The number of likely N-dealkylation sites (tertiary alicyclic amines) is 1. The van der Waals surface area contributed by atoms with Crippen molar-refractivity contribution in [1.82, 2.24) is 4.90 Å². The highest BCUT2D eigenvalue weighted by Crippen LogP contribution is 2.26. The molecular formula is C14H15F2NO2. The van der Waals surface area contributed by atoms with Crippen LogP contribution in [-0.4, -0.2) is 28.7 Å². The van der Waals surface area contributed by atoms with Gasteiger partial charge in [0.25, 0.3) is 0 Å². The third kappa shape index (κ3) is 2.50. The Labute approximate surface area is 110 Å².